The van der Waals surface area contributed by atoms with Gasteiger partial charge in [0.05, 0.1) is 5.69 Å². The largest absolute Gasteiger partial charge is 0.375 e. The maximum absolute atomic E-state index is 12.5. The predicted octanol–water partition coefficient (Wildman–Crippen LogP) is 3.28. The normalized spacial score (nSPS) is 18.2. The number of nitrogens with zero attached hydrogens (tertiary/aromatic N) is 6. The third-order valence-electron chi connectivity index (χ3n) is 5.72. The number of benzene rings is 1. The minimum atomic E-state index is -1.48. The number of aryl methyl sites for hydroxylation is 1. The van der Waals surface area contributed by atoms with Gasteiger partial charge in [-0.05, 0) is 24.6 Å². The van der Waals surface area contributed by atoms with E-state index in [1.54, 1.807) is 30.3 Å². The summed E-state index contributed by atoms with van der Waals surface area (Å²) < 4.78 is 1.82. The van der Waals surface area contributed by atoms with E-state index in [9.17, 15) is 9.90 Å². The molecule has 0 saturated carbocycles. The molecule has 1 atom stereocenters. The molecule has 5 rings (SSSR count). The second kappa shape index (κ2) is 8.38. The number of hydrogen-bond donors (Lipinski definition) is 2. The average Bonchev–Trinajstić information content (AvgIpc) is 3.57. The second-order valence-electron chi connectivity index (χ2n) is 7.90. The number of nitrogens with one attached hydrogen (secondary N) is 1. The first-order chi connectivity index (χ1) is 16.0. The Bertz CT molecular complexity index is 1320. The van der Waals surface area contributed by atoms with Crippen molar-refractivity contribution in [3.05, 3.63) is 59.7 Å². The van der Waals surface area contributed by atoms with Crippen molar-refractivity contribution in [2.45, 2.75) is 25.5 Å². The number of carbonyl (C=O) groups excluding carboxylic acids is 1. The molecular formula is C23H23N7O2S. The van der Waals surface area contributed by atoms with Gasteiger partial charge in [-0.25, -0.2) is 15.0 Å². The molecule has 3 aromatic heterocycles. The fourth-order valence-electron chi connectivity index (χ4n) is 3.84. The van der Waals surface area contributed by atoms with Crippen LogP contribution in [0.5, 0.6) is 0 Å². The SMILES string of the molecule is CCn1ccc(Nc2nccc(-c3csc(-c4cccc(C5(O)CCN(C)C5=O)c4)n3)n2)n1. The van der Waals surface area contributed by atoms with Crippen LogP contribution in [0.4, 0.5) is 11.8 Å². The Hall–Kier alpha value is -3.63. The van der Waals surface area contributed by atoms with E-state index in [-0.39, 0.29) is 5.91 Å². The van der Waals surface area contributed by atoms with E-state index in [4.69, 9.17) is 4.98 Å². The van der Waals surface area contributed by atoms with Crippen LogP contribution in [0.25, 0.3) is 22.0 Å². The van der Waals surface area contributed by atoms with Crippen LogP contribution in [-0.2, 0) is 16.9 Å². The smallest absolute Gasteiger partial charge is 0.258 e. The van der Waals surface area contributed by atoms with Gasteiger partial charge in [0.25, 0.3) is 5.91 Å². The first kappa shape index (κ1) is 21.2. The zero-order chi connectivity index (χ0) is 23.0. The van der Waals surface area contributed by atoms with Gasteiger partial charge in [0, 0.05) is 56.0 Å². The third-order valence-corrected chi connectivity index (χ3v) is 6.61. The number of carbonyl (C=O) groups is 1. The summed E-state index contributed by atoms with van der Waals surface area (Å²) in [6, 6.07) is 11.1. The molecule has 0 bridgehead atoms. The van der Waals surface area contributed by atoms with Crippen LogP contribution in [0.1, 0.15) is 18.9 Å². The number of amides is 1. The molecule has 1 saturated heterocycles. The van der Waals surface area contributed by atoms with E-state index in [2.05, 4.69) is 20.4 Å². The molecule has 33 heavy (non-hydrogen) atoms. The molecular weight excluding hydrogens is 438 g/mol. The summed E-state index contributed by atoms with van der Waals surface area (Å²) in [4.78, 5) is 27.6. The zero-order valence-corrected chi connectivity index (χ0v) is 19.1. The van der Waals surface area contributed by atoms with Crippen molar-refractivity contribution in [3.63, 3.8) is 0 Å². The number of likely N-dealkylation sites (N-methyl/N-ethyl adjacent to an activating group) is 1. The molecule has 1 aromatic carbocycles. The number of thiazole rings is 1. The summed E-state index contributed by atoms with van der Waals surface area (Å²) in [5.41, 5.74) is 1.36. The molecule has 2 N–H and O–H groups in total. The van der Waals surface area contributed by atoms with Gasteiger partial charge in [-0.3, -0.25) is 9.48 Å². The Balaban J connectivity index is 1.39. The number of hydrogen-bond acceptors (Lipinski definition) is 8. The van der Waals surface area contributed by atoms with Crippen LogP contribution in [-0.4, -0.2) is 54.2 Å². The molecule has 4 aromatic rings. The summed E-state index contributed by atoms with van der Waals surface area (Å²) in [7, 11) is 1.71. The van der Waals surface area contributed by atoms with E-state index in [1.807, 2.05) is 47.4 Å². The standard InChI is InChI=1S/C23H23N7O2S/c1-3-30-11-8-19(28-30)27-22-24-10-7-17(26-22)18-14-33-20(25-18)15-5-4-6-16(13-15)23(32)9-12-29(2)21(23)31/h4-8,10-11,13-14,32H,3,9,12H2,1-2H3,(H,24,26,27,28). The van der Waals surface area contributed by atoms with Gasteiger partial charge < -0.3 is 15.3 Å². The molecule has 9 nitrogen and oxygen atoms in total. The lowest BCUT2D eigenvalue weighted by Gasteiger charge is -2.21. The summed E-state index contributed by atoms with van der Waals surface area (Å²) in [5.74, 6) is 0.843. The van der Waals surface area contributed by atoms with Crippen LogP contribution >= 0.6 is 11.3 Å². The van der Waals surface area contributed by atoms with Crippen LogP contribution < -0.4 is 5.32 Å². The molecule has 0 aliphatic carbocycles. The Morgan fingerprint density at radius 3 is 2.85 bits per heavy atom. The summed E-state index contributed by atoms with van der Waals surface area (Å²) >= 11 is 1.48. The molecule has 0 spiro atoms. The van der Waals surface area contributed by atoms with Crippen molar-refractivity contribution in [2.24, 2.45) is 0 Å². The highest BCUT2D eigenvalue weighted by atomic mass is 32.1. The molecule has 1 amide bonds. The number of aliphatic hydroxyl groups is 1. The fraction of sp³-hybridized carbons (Fsp3) is 0.261. The topological polar surface area (TPSA) is 109 Å². The highest BCUT2D eigenvalue weighted by Gasteiger charge is 2.45. The van der Waals surface area contributed by atoms with Crippen molar-refractivity contribution in [1.29, 1.82) is 0 Å². The van der Waals surface area contributed by atoms with Gasteiger partial charge in [-0.15, -0.1) is 11.3 Å². The van der Waals surface area contributed by atoms with E-state index < -0.39 is 5.60 Å². The van der Waals surface area contributed by atoms with E-state index >= 15 is 0 Å². The number of aromatic nitrogens is 5. The van der Waals surface area contributed by atoms with Crippen LogP contribution in [0.3, 0.4) is 0 Å². The van der Waals surface area contributed by atoms with Crippen LogP contribution in [0.15, 0.2) is 54.2 Å². The van der Waals surface area contributed by atoms with Crippen molar-refractivity contribution in [1.82, 2.24) is 29.6 Å². The Kier molecular flexibility index (Phi) is 5.39. The molecule has 1 aliphatic heterocycles. The number of anilines is 2. The average molecular weight is 462 g/mol. The lowest BCUT2D eigenvalue weighted by molar-refractivity contribution is -0.143. The van der Waals surface area contributed by atoms with Gasteiger partial charge in [0.2, 0.25) is 5.95 Å². The molecule has 10 heteroatoms. The Morgan fingerprint density at radius 1 is 1.21 bits per heavy atom. The Labute approximate surface area is 194 Å². The lowest BCUT2D eigenvalue weighted by Crippen LogP contribution is -2.36. The van der Waals surface area contributed by atoms with Crippen molar-refractivity contribution in [3.8, 4) is 22.0 Å². The van der Waals surface area contributed by atoms with Gasteiger partial charge in [0.15, 0.2) is 11.4 Å². The van der Waals surface area contributed by atoms with E-state index in [0.717, 1.165) is 22.8 Å². The maximum atomic E-state index is 12.5. The zero-order valence-electron chi connectivity index (χ0n) is 18.3. The first-order valence-electron chi connectivity index (χ1n) is 10.6. The second-order valence-corrected chi connectivity index (χ2v) is 8.76. The van der Waals surface area contributed by atoms with E-state index in [1.165, 1.54) is 11.3 Å². The molecule has 4 heterocycles. The Morgan fingerprint density at radius 2 is 2.09 bits per heavy atom. The number of rotatable bonds is 6. The fourth-order valence-corrected chi connectivity index (χ4v) is 4.65. The molecule has 168 valence electrons. The lowest BCUT2D eigenvalue weighted by atomic mass is 9.91. The monoisotopic (exact) mass is 461 g/mol. The molecule has 1 aliphatic rings. The molecule has 1 fully saturated rings. The van der Waals surface area contributed by atoms with Gasteiger partial charge in [-0.1, -0.05) is 18.2 Å². The highest BCUT2D eigenvalue weighted by molar-refractivity contribution is 7.13. The van der Waals surface area contributed by atoms with Crippen molar-refractivity contribution >= 4 is 29.0 Å². The summed E-state index contributed by atoms with van der Waals surface area (Å²) in [6.45, 7) is 3.34. The maximum Gasteiger partial charge on any atom is 0.258 e. The van der Waals surface area contributed by atoms with Gasteiger partial charge >= 0.3 is 0 Å². The van der Waals surface area contributed by atoms with Crippen LogP contribution in [0, 0.1) is 0 Å². The van der Waals surface area contributed by atoms with Crippen LogP contribution in [0.2, 0.25) is 0 Å². The summed E-state index contributed by atoms with van der Waals surface area (Å²) in [6.07, 6.45) is 3.95. The van der Waals surface area contributed by atoms with Crippen molar-refractivity contribution in [2.75, 3.05) is 18.9 Å². The molecule has 1 unspecified atom stereocenters. The predicted molar refractivity (Wildman–Crippen MR) is 126 cm³/mol. The van der Waals surface area contributed by atoms with Gasteiger partial charge in [-0.2, -0.15) is 5.10 Å². The van der Waals surface area contributed by atoms with Gasteiger partial charge in [0.1, 0.15) is 10.7 Å². The van der Waals surface area contributed by atoms with Crippen molar-refractivity contribution < 1.29 is 9.90 Å². The third kappa shape index (κ3) is 3.98. The number of likely N-dealkylation sites (tertiary alicyclic amines) is 1. The summed E-state index contributed by atoms with van der Waals surface area (Å²) in [5, 5.41) is 21.2. The van der Waals surface area contributed by atoms with E-state index in [0.29, 0.717) is 36.0 Å². The quantitative estimate of drug-likeness (QED) is 0.453. The minimum Gasteiger partial charge on any atom is -0.375 e. The minimum absolute atomic E-state index is 0.274. The molecule has 0 radical (unpaired) electrons. The highest BCUT2D eigenvalue weighted by Crippen LogP contribution is 2.36. The first-order valence-corrected chi connectivity index (χ1v) is 11.5.